The summed E-state index contributed by atoms with van der Waals surface area (Å²) in [4.78, 5) is 0. The molecule has 186 valence electrons. The van der Waals surface area contributed by atoms with Gasteiger partial charge in [-0.3, -0.25) is 0 Å². The van der Waals surface area contributed by atoms with Crippen LogP contribution in [-0.2, 0) is 0 Å². The van der Waals surface area contributed by atoms with Crippen molar-refractivity contribution in [1.29, 1.82) is 0 Å². The second-order valence-electron chi connectivity index (χ2n) is 10.2. The molecule has 0 aliphatic heterocycles. The minimum absolute atomic E-state index is 1.25. The van der Waals surface area contributed by atoms with Crippen LogP contribution >= 0.6 is 0 Å². The Balaban J connectivity index is 2.98. The van der Waals surface area contributed by atoms with Gasteiger partial charge < -0.3 is 0 Å². The van der Waals surface area contributed by atoms with Gasteiger partial charge in [0.2, 0.25) is 0 Å². The quantitative estimate of drug-likeness (QED) is 0.107. The maximum absolute atomic E-state index is 3.66. The van der Waals surface area contributed by atoms with Gasteiger partial charge in [0.25, 0.3) is 0 Å². The van der Waals surface area contributed by atoms with Crippen molar-refractivity contribution in [3.05, 3.63) is 6.42 Å². The summed E-state index contributed by atoms with van der Waals surface area (Å²) in [5, 5.41) is 0. The molecule has 0 heteroatoms. The highest BCUT2D eigenvalue weighted by atomic mass is 14.0. The molecule has 0 fully saturated rings. The molecule has 0 aliphatic rings. The molecule has 0 unspecified atom stereocenters. The first-order valence-electron chi connectivity index (χ1n) is 15.1. The summed E-state index contributed by atoms with van der Waals surface area (Å²) in [5.74, 6) is 0. The Morgan fingerprint density at radius 3 is 0.677 bits per heavy atom. The van der Waals surface area contributed by atoms with E-state index in [1.54, 1.807) is 0 Å². The maximum Gasteiger partial charge on any atom is -0.0173 e. The fourth-order valence-corrected chi connectivity index (χ4v) is 4.66. The van der Waals surface area contributed by atoms with Crippen molar-refractivity contribution in [2.75, 3.05) is 0 Å². The number of hydrogen-bond donors (Lipinski definition) is 0. The highest BCUT2D eigenvalue weighted by molar-refractivity contribution is 4.64. The van der Waals surface area contributed by atoms with Crippen molar-refractivity contribution >= 4 is 0 Å². The zero-order valence-corrected chi connectivity index (χ0v) is 22.3. The maximum atomic E-state index is 3.66. The Labute approximate surface area is 200 Å². The molecule has 31 heavy (non-hydrogen) atoms. The van der Waals surface area contributed by atoms with Crippen molar-refractivity contribution in [1.82, 2.24) is 0 Å². The smallest absolute Gasteiger partial charge is 0.0173 e. The van der Waals surface area contributed by atoms with Gasteiger partial charge in [-0.25, -0.2) is 0 Å². The van der Waals surface area contributed by atoms with Gasteiger partial charge in [0.15, 0.2) is 0 Å². The molecule has 0 N–H and O–H groups in total. The monoisotopic (exact) mass is 434 g/mol. The fourth-order valence-electron chi connectivity index (χ4n) is 4.66. The van der Waals surface area contributed by atoms with E-state index >= 15 is 0 Å². The molecule has 0 aromatic heterocycles. The van der Waals surface area contributed by atoms with Crippen LogP contribution in [-0.4, -0.2) is 0 Å². The standard InChI is InChI=1S/C31H62/c1-3-5-7-9-11-13-15-17-19-21-23-25-27-29-31-30-28-26-24-22-20-18-16-14-12-10-8-6-4-2/h3-30H2,1-2H3. The minimum atomic E-state index is 1.25. The van der Waals surface area contributed by atoms with E-state index in [-0.39, 0.29) is 0 Å². The van der Waals surface area contributed by atoms with Crippen LogP contribution in [0.4, 0.5) is 0 Å². The molecule has 0 bridgehead atoms. The third-order valence-electron chi connectivity index (χ3n) is 6.91. The van der Waals surface area contributed by atoms with Crippen LogP contribution in [0.5, 0.6) is 0 Å². The van der Waals surface area contributed by atoms with E-state index in [2.05, 4.69) is 20.3 Å². The molecule has 0 saturated carbocycles. The molecule has 0 spiro atoms. The first-order chi connectivity index (χ1) is 15.4. The van der Waals surface area contributed by atoms with Gasteiger partial charge in [0.05, 0.1) is 0 Å². The molecular formula is C31H62. The Kier molecular flexibility index (Phi) is 30.0. The Morgan fingerprint density at radius 2 is 0.452 bits per heavy atom. The Bertz CT molecular complexity index is 254. The summed E-state index contributed by atoms with van der Waals surface area (Å²) < 4.78 is 0. The number of hydrogen-bond acceptors (Lipinski definition) is 0. The molecule has 0 heterocycles. The van der Waals surface area contributed by atoms with Gasteiger partial charge >= 0.3 is 0 Å². The summed E-state index contributed by atoms with van der Waals surface area (Å²) >= 11 is 0. The third kappa shape index (κ3) is 30.0. The average molecular weight is 435 g/mol. The Hall–Kier alpha value is 0. The summed E-state index contributed by atoms with van der Waals surface area (Å²) in [6, 6.07) is 0. The predicted octanol–water partition coefficient (Wildman–Crippen LogP) is 12.0. The first-order valence-corrected chi connectivity index (χ1v) is 15.1. The van der Waals surface area contributed by atoms with Crippen molar-refractivity contribution in [3.8, 4) is 0 Å². The molecular weight excluding hydrogens is 372 g/mol. The molecule has 0 atom stereocenters. The number of unbranched alkanes of at least 4 members (excludes halogenated alkanes) is 28. The van der Waals surface area contributed by atoms with E-state index in [4.69, 9.17) is 0 Å². The first kappa shape index (κ1) is 31.0. The van der Waals surface area contributed by atoms with Crippen molar-refractivity contribution in [3.63, 3.8) is 0 Å². The Morgan fingerprint density at radius 1 is 0.258 bits per heavy atom. The van der Waals surface area contributed by atoms with E-state index in [1.165, 1.54) is 180 Å². The van der Waals surface area contributed by atoms with E-state index in [1.807, 2.05) is 0 Å². The molecule has 0 rings (SSSR count). The molecule has 0 aliphatic carbocycles. The lowest BCUT2D eigenvalue weighted by Gasteiger charge is -2.04. The van der Waals surface area contributed by atoms with Crippen molar-refractivity contribution in [2.45, 2.75) is 194 Å². The van der Waals surface area contributed by atoms with Gasteiger partial charge in [-0.05, 0) is 19.3 Å². The van der Waals surface area contributed by atoms with Crippen LogP contribution in [0.3, 0.4) is 0 Å². The average Bonchev–Trinajstić information content (AvgIpc) is 2.78. The molecule has 0 amide bonds. The molecule has 0 saturated heterocycles. The molecule has 0 aromatic rings. The summed E-state index contributed by atoms with van der Waals surface area (Å²) in [7, 11) is 0. The van der Waals surface area contributed by atoms with Gasteiger partial charge in [-0.2, -0.15) is 0 Å². The van der Waals surface area contributed by atoms with Crippen LogP contribution < -0.4 is 0 Å². The zero-order valence-electron chi connectivity index (χ0n) is 22.3. The minimum Gasteiger partial charge on any atom is -0.0654 e. The fraction of sp³-hybridized carbons (Fsp3) is 0.968. The van der Waals surface area contributed by atoms with Gasteiger partial charge in [0, 0.05) is 0 Å². The number of rotatable bonds is 28. The van der Waals surface area contributed by atoms with Gasteiger partial charge in [-0.1, -0.05) is 181 Å². The van der Waals surface area contributed by atoms with E-state index < -0.39 is 0 Å². The van der Waals surface area contributed by atoms with Crippen LogP contribution in [0.1, 0.15) is 194 Å². The van der Waals surface area contributed by atoms with E-state index in [9.17, 15) is 0 Å². The normalized spacial score (nSPS) is 11.4. The van der Waals surface area contributed by atoms with Crippen molar-refractivity contribution in [2.24, 2.45) is 0 Å². The van der Waals surface area contributed by atoms with E-state index in [0.29, 0.717) is 0 Å². The summed E-state index contributed by atoms with van der Waals surface area (Å²) in [5.41, 5.74) is 0. The molecule has 2 radical (unpaired) electrons. The SMILES string of the molecule is CCCCCCCCCCCCCCC[C]CCCCCCCCCCCCCCC. The van der Waals surface area contributed by atoms with Crippen LogP contribution in [0.15, 0.2) is 0 Å². The molecule has 0 aromatic carbocycles. The highest BCUT2D eigenvalue weighted by Gasteiger charge is 1.96. The summed E-state index contributed by atoms with van der Waals surface area (Å²) in [6.07, 6.45) is 43.9. The topological polar surface area (TPSA) is 0 Å². The largest absolute Gasteiger partial charge is 0.0654 e. The van der Waals surface area contributed by atoms with E-state index in [0.717, 1.165) is 0 Å². The lowest BCUT2D eigenvalue weighted by Crippen LogP contribution is -1.85. The van der Waals surface area contributed by atoms with Gasteiger partial charge in [-0.15, -0.1) is 0 Å². The second-order valence-corrected chi connectivity index (χ2v) is 10.2. The van der Waals surface area contributed by atoms with Gasteiger partial charge in [0.1, 0.15) is 0 Å². The summed E-state index contributed by atoms with van der Waals surface area (Å²) in [6.45, 7) is 4.60. The predicted molar refractivity (Wildman–Crippen MR) is 144 cm³/mol. The zero-order chi connectivity index (χ0) is 22.5. The second kappa shape index (κ2) is 30.0. The van der Waals surface area contributed by atoms with Crippen molar-refractivity contribution < 1.29 is 0 Å². The lowest BCUT2D eigenvalue weighted by molar-refractivity contribution is 0.533. The molecule has 0 nitrogen and oxygen atoms in total. The third-order valence-corrected chi connectivity index (χ3v) is 6.91. The highest BCUT2D eigenvalue weighted by Crippen LogP contribution is 2.16. The lowest BCUT2D eigenvalue weighted by atomic mass is 10.0. The van der Waals surface area contributed by atoms with Crippen LogP contribution in [0, 0.1) is 6.42 Å². The van der Waals surface area contributed by atoms with Crippen LogP contribution in [0.2, 0.25) is 0 Å². The van der Waals surface area contributed by atoms with Crippen LogP contribution in [0.25, 0.3) is 0 Å².